The Hall–Kier alpha value is -1.61. The summed E-state index contributed by atoms with van der Waals surface area (Å²) in [5, 5.41) is 7.46. The molecule has 102 valence electrons. The van der Waals surface area contributed by atoms with Crippen LogP contribution in [0.1, 0.15) is 35.7 Å². The molecule has 0 atom stereocenters. The maximum atomic E-state index is 5.49. The van der Waals surface area contributed by atoms with Crippen LogP contribution in [-0.4, -0.2) is 11.7 Å². The van der Waals surface area contributed by atoms with Gasteiger partial charge in [-0.05, 0) is 44.9 Å². The van der Waals surface area contributed by atoms with E-state index < -0.39 is 0 Å². The van der Waals surface area contributed by atoms with Gasteiger partial charge in [-0.3, -0.25) is 0 Å². The van der Waals surface area contributed by atoms with Gasteiger partial charge in [-0.2, -0.15) is 0 Å². The maximum absolute atomic E-state index is 5.49. The molecule has 0 saturated carbocycles. The summed E-state index contributed by atoms with van der Waals surface area (Å²) in [6.07, 6.45) is 1.13. The third-order valence-electron chi connectivity index (χ3n) is 3.22. The van der Waals surface area contributed by atoms with Crippen LogP contribution in [0, 0.1) is 20.8 Å². The standard InChI is InChI=1S/C16H22N2O/c1-5-6-17-10-14-9-15(19-18-14)16-12(3)7-11(2)8-13(16)4/h7-9,17H,5-6,10H2,1-4H3. The predicted molar refractivity (Wildman–Crippen MR) is 78.1 cm³/mol. The van der Waals surface area contributed by atoms with Gasteiger partial charge in [0.15, 0.2) is 5.76 Å². The predicted octanol–water partition coefficient (Wildman–Crippen LogP) is 3.77. The van der Waals surface area contributed by atoms with Crippen molar-refractivity contribution >= 4 is 0 Å². The number of aryl methyl sites for hydroxylation is 3. The average Bonchev–Trinajstić information content (AvgIpc) is 2.76. The number of benzene rings is 1. The quantitative estimate of drug-likeness (QED) is 0.830. The molecule has 0 spiro atoms. The van der Waals surface area contributed by atoms with Crippen LogP contribution in [0.4, 0.5) is 0 Å². The molecule has 3 nitrogen and oxygen atoms in total. The van der Waals surface area contributed by atoms with Gasteiger partial charge in [0.25, 0.3) is 0 Å². The molecule has 0 saturated heterocycles. The highest BCUT2D eigenvalue weighted by Gasteiger charge is 2.12. The Bertz CT molecular complexity index is 535. The number of rotatable bonds is 5. The van der Waals surface area contributed by atoms with E-state index in [1.807, 2.05) is 6.07 Å². The highest BCUT2D eigenvalue weighted by atomic mass is 16.5. The molecule has 3 heteroatoms. The number of aromatic nitrogens is 1. The first-order chi connectivity index (χ1) is 9.11. The van der Waals surface area contributed by atoms with Crippen molar-refractivity contribution in [1.82, 2.24) is 10.5 Å². The van der Waals surface area contributed by atoms with E-state index >= 15 is 0 Å². The molecule has 0 fully saturated rings. The van der Waals surface area contributed by atoms with Crippen molar-refractivity contribution < 1.29 is 4.52 Å². The number of hydrogen-bond donors (Lipinski definition) is 1. The zero-order valence-corrected chi connectivity index (χ0v) is 12.2. The maximum Gasteiger partial charge on any atom is 0.167 e. The smallest absolute Gasteiger partial charge is 0.167 e. The second kappa shape index (κ2) is 6.02. The molecule has 0 bridgehead atoms. The number of hydrogen-bond acceptors (Lipinski definition) is 3. The first-order valence-electron chi connectivity index (χ1n) is 6.86. The molecular weight excluding hydrogens is 236 g/mol. The number of nitrogens with zero attached hydrogens (tertiary/aromatic N) is 1. The molecule has 2 aromatic rings. The van der Waals surface area contributed by atoms with E-state index in [2.05, 4.69) is 50.3 Å². The van der Waals surface area contributed by atoms with Crippen LogP contribution >= 0.6 is 0 Å². The Labute approximate surface area is 115 Å². The second-order valence-corrected chi connectivity index (χ2v) is 5.13. The first kappa shape index (κ1) is 13.8. The van der Waals surface area contributed by atoms with Crippen LogP contribution < -0.4 is 5.32 Å². The highest BCUT2D eigenvalue weighted by Crippen LogP contribution is 2.28. The summed E-state index contributed by atoms with van der Waals surface area (Å²) in [7, 11) is 0. The minimum absolute atomic E-state index is 0.765. The molecule has 0 amide bonds. The fourth-order valence-corrected chi connectivity index (χ4v) is 2.47. The molecule has 1 N–H and O–H groups in total. The molecule has 0 radical (unpaired) electrons. The van der Waals surface area contributed by atoms with Gasteiger partial charge in [-0.25, -0.2) is 0 Å². The van der Waals surface area contributed by atoms with Gasteiger partial charge in [-0.1, -0.05) is 29.8 Å². The van der Waals surface area contributed by atoms with Crippen molar-refractivity contribution in [3.63, 3.8) is 0 Å². The molecule has 19 heavy (non-hydrogen) atoms. The van der Waals surface area contributed by atoms with Gasteiger partial charge >= 0.3 is 0 Å². The molecule has 2 rings (SSSR count). The van der Waals surface area contributed by atoms with Crippen LogP contribution in [0.25, 0.3) is 11.3 Å². The lowest BCUT2D eigenvalue weighted by atomic mass is 9.98. The molecule has 0 aliphatic rings. The van der Waals surface area contributed by atoms with Crippen molar-refractivity contribution in [2.75, 3.05) is 6.54 Å². The van der Waals surface area contributed by atoms with E-state index in [0.717, 1.165) is 31.0 Å². The van der Waals surface area contributed by atoms with Crippen LogP contribution in [-0.2, 0) is 6.54 Å². The largest absolute Gasteiger partial charge is 0.356 e. The normalized spacial score (nSPS) is 10.9. The molecule has 0 aliphatic carbocycles. The minimum atomic E-state index is 0.765. The van der Waals surface area contributed by atoms with Crippen molar-refractivity contribution in [3.8, 4) is 11.3 Å². The lowest BCUT2D eigenvalue weighted by molar-refractivity contribution is 0.419. The van der Waals surface area contributed by atoms with Gasteiger partial charge in [0.1, 0.15) is 0 Å². The molecule has 0 unspecified atom stereocenters. The Morgan fingerprint density at radius 1 is 1.11 bits per heavy atom. The summed E-state index contributed by atoms with van der Waals surface area (Å²) in [6.45, 7) is 10.3. The van der Waals surface area contributed by atoms with E-state index in [1.165, 1.54) is 22.3 Å². The Morgan fingerprint density at radius 2 is 1.79 bits per heavy atom. The Balaban J connectivity index is 2.23. The zero-order chi connectivity index (χ0) is 13.8. The van der Waals surface area contributed by atoms with Gasteiger partial charge in [-0.15, -0.1) is 0 Å². The summed E-state index contributed by atoms with van der Waals surface area (Å²) < 4.78 is 5.49. The zero-order valence-electron chi connectivity index (χ0n) is 12.2. The summed E-state index contributed by atoms with van der Waals surface area (Å²) in [6, 6.07) is 6.40. The van der Waals surface area contributed by atoms with E-state index in [1.54, 1.807) is 0 Å². The van der Waals surface area contributed by atoms with Crippen LogP contribution in [0.5, 0.6) is 0 Å². The summed E-state index contributed by atoms with van der Waals surface area (Å²) in [5.74, 6) is 0.864. The second-order valence-electron chi connectivity index (χ2n) is 5.13. The van der Waals surface area contributed by atoms with E-state index in [4.69, 9.17) is 4.52 Å². The fraction of sp³-hybridized carbons (Fsp3) is 0.438. The lowest BCUT2D eigenvalue weighted by Gasteiger charge is -2.07. The topological polar surface area (TPSA) is 38.1 Å². The molecular formula is C16H22N2O. The number of nitrogens with one attached hydrogen (secondary N) is 1. The monoisotopic (exact) mass is 258 g/mol. The summed E-state index contributed by atoms with van der Waals surface area (Å²) in [4.78, 5) is 0. The molecule has 1 heterocycles. The average molecular weight is 258 g/mol. The third kappa shape index (κ3) is 3.24. The third-order valence-corrected chi connectivity index (χ3v) is 3.22. The molecule has 1 aromatic heterocycles. The van der Waals surface area contributed by atoms with Crippen LogP contribution in [0.15, 0.2) is 22.7 Å². The van der Waals surface area contributed by atoms with Gasteiger partial charge in [0.2, 0.25) is 0 Å². The highest BCUT2D eigenvalue weighted by molar-refractivity contribution is 5.66. The van der Waals surface area contributed by atoms with E-state index in [9.17, 15) is 0 Å². The Kier molecular flexibility index (Phi) is 4.38. The molecule has 0 aliphatic heterocycles. The van der Waals surface area contributed by atoms with Crippen molar-refractivity contribution in [1.29, 1.82) is 0 Å². The first-order valence-corrected chi connectivity index (χ1v) is 6.86. The van der Waals surface area contributed by atoms with Gasteiger partial charge in [0.05, 0.1) is 5.69 Å². The SMILES string of the molecule is CCCNCc1cc(-c2c(C)cc(C)cc2C)on1. The van der Waals surface area contributed by atoms with Crippen LogP contribution in [0.2, 0.25) is 0 Å². The van der Waals surface area contributed by atoms with Gasteiger partial charge in [0, 0.05) is 18.2 Å². The fourth-order valence-electron chi connectivity index (χ4n) is 2.47. The van der Waals surface area contributed by atoms with Crippen LogP contribution in [0.3, 0.4) is 0 Å². The van der Waals surface area contributed by atoms with E-state index in [0.29, 0.717) is 0 Å². The summed E-state index contributed by atoms with van der Waals surface area (Å²) >= 11 is 0. The van der Waals surface area contributed by atoms with Gasteiger partial charge < -0.3 is 9.84 Å². The lowest BCUT2D eigenvalue weighted by Crippen LogP contribution is -2.13. The summed E-state index contributed by atoms with van der Waals surface area (Å²) in [5.41, 5.74) is 5.88. The van der Waals surface area contributed by atoms with Crippen molar-refractivity contribution in [2.24, 2.45) is 0 Å². The van der Waals surface area contributed by atoms with E-state index in [-0.39, 0.29) is 0 Å². The van der Waals surface area contributed by atoms with Crippen molar-refractivity contribution in [2.45, 2.75) is 40.7 Å². The minimum Gasteiger partial charge on any atom is -0.356 e. The molecule has 1 aromatic carbocycles. The Morgan fingerprint density at radius 3 is 2.42 bits per heavy atom. The van der Waals surface area contributed by atoms with Crippen molar-refractivity contribution in [3.05, 3.63) is 40.6 Å².